The summed E-state index contributed by atoms with van der Waals surface area (Å²) >= 11 is 0. The Morgan fingerprint density at radius 3 is 2.50 bits per heavy atom. The summed E-state index contributed by atoms with van der Waals surface area (Å²) in [5.41, 5.74) is 1.05. The second kappa shape index (κ2) is 5.59. The molecule has 2 heteroatoms. The molecular formula is C8H6NY-. The summed E-state index contributed by atoms with van der Waals surface area (Å²) < 4.78 is 0. The van der Waals surface area contributed by atoms with Crippen molar-refractivity contribution in [2.45, 2.75) is 6.42 Å². The molecule has 0 aliphatic rings. The van der Waals surface area contributed by atoms with Gasteiger partial charge in [0.25, 0.3) is 0 Å². The van der Waals surface area contributed by atoms with E-state index in [2.05, 4.69) is 12.1 Å². The molecule has 1 aromatic carbocycles. The van der Waals surface area contributed by atoms with Gasteiger partial charge in [-0.1, -0.05) is 0 Å². The largest absolute Gasteiger partial charge is 0.198 e. The molecule has 0 atom stereocenters. The van der Waals surface area contributed by atoms with Crippen LogP contribution in [0.15, 0.2) is 24.3 Å². The average Bonchev–Trinajstić information content (AvgIpc) is 1.91. The number of nitrogens with zero attached hydrogens (tertiary/aromatic N) is 1. The third kappa shape index (κ3) is 3.10. The van der Waals surface area contributed by atoms with Crippen LogP contribution in [0.4, 0.5) is 0 Å². The summed E-state index contributed by atoms with van der Waals surface area (Å²) in [6.45, 7) is 0. The fourth-order valence-corrected chi connectivity index (χ4v) is 0.631. The predicted octanol–water partition coefficient (Wildman–Crippen LogP) is 1.55. The van der Waals surface area contributed by atoms with Gasteiger partial charge in [-0.2, -0.15) is 35.6 Å². The molecule has 0 unspecified atom stereocenters. The van der Waals surface area contributed by atoms with Crippen molar-refractivity contribution in [1.82, 2.24) is 0 Å². The van der Waals surface area contributed by atoms with Gasteiger partial charge < -0.3 is 0 Å². The van der Waals surface area contributed by atoms with E-state index in [1.807, 2.05) is 24.3 Å². The van der Waals surface area contributed by atoms with Crippen molar-refractivity contribution in [2.75, 3.05) is 0 Å². The number of benzene rings is 1. The fraction of sp³-hybridized carbons (Fsp3) is 0.125. The van der Waals surface area contributed by atoms with Gasteiger partial charge in [0.2, 0.25) is 0 Å². The third-order valence-electron chi connectivity index (χ3n) is 1.07. The van der Waals surface area contributed by atoms with Crippen LogP contribution in [0.5, 0.6) is 0 Å². The van der Waals surface area contributed by atoms with Crippen molar-refractivity contribution in [3.05, 3.63) is 35.9 Å². The van der Waals surface area contributed by atoms with Gasteiger partial charge in [-0.3, -0.25) is 0 Å². The molecule has 0 spiro atoms. The molecule has 1 nitrogen and oxygen atoms in total. The Hall–Kier alpha value is -0.186. The minimum atomic E-state index is 0. The van der Waals surface area contributed by atoms with E-state index in [4.69, 9.17) is 5.26 Å². The van der Waals surface area contributed by atoms with Gasteiger partial charge in [-0.15, -0.1) is 5.56 Å². The Morgan fingerprint density at radius 2 is 2.00 bits per heavy atom. The van der Waals surface area contributed by atoms with Crippen molar-refractivity contribution in [2.24, 2.45) is 0 Å². The summed E-state index contributed by atoms with van der Waals surface area (Å²) in [6, 6.07) is 12.4. The maximum atomic E-state index is 8.26. The summed E-state index contributed by atoms with van der Waals surface area (Å²) in [7, 11) is 0. The molecular weight excluding hydrogens is 199 g/mol. The Balaban J connectivity index is 0.000000810. The van der Waals surface area contributed by atoms with Crippen molar-refractivity contribution >= 4 is 0 Å². The molecule has 0 heterocycles. The predicted molar refractivity (Wildman–Crippen MR) is 34.6 cm³/mol. The Kier molecular flexibility index (Phi) is 5.48. The Bertz CT molecular complexity index is 212. The molecule has 0 fully saturated rings. The molecule has 10 heavy (non-hydrogen) atoms. The standard InChI is InChI=1S/C8H6N.Y/c9-7-6-8-4-2-1-3-5-8;/h2-5H,6H2;/q-1;. The first-order valence-corrected chi connectivity index (χ1v) is 2.75. The molecule has 1 aromatic rings. The van der Waals surface area contributed by atoms with Crippen LogP contribution in [0.2, 0.25) is 0 Å². The van der Waals surface area contributed by atoms with Gasteiger partial charge >= 0.3 is 0 Å². The first-order valence-electron chi connectivity index (χ1n) is 2.75. The Morgan fingerprint density at radius 1 is 1.40 bits per heavy atom. The molecule has 0 aliphatic heterocycles. The first kappa shape index (κ1) is 9.81. The zero-order chi connectivity index (χ0) is 6.53. The van der Waals surface area contributed by atoms with Crippen LogP contribution < -0.4 is 0 Å². The smallest absolute Gasteiger partial charge is 0.0647 e. The number of rotatable bonds is 1. The SMILES string of the molecule is N#CCc1cc[c-]cc1.[Y]. The minimum absolute atomic E-state index is 0. The molecule has 1 rings (SSSR count). The normalized spacial score (nSPS) is 7.50. The topological polar surface area (TPSA) is 23.8 Å². The summed E-state index contributed by atoms with van der Waals surface area (Å²) in [6.07, 6.45) is 0.495. The maximum absolute atomic E-state index is 8.26. The summed E-state index contributed by atoms with van der Waals surface area (Å²) in [5, 5.41) is 8.26. The van der Waals surface area contributed by atoms with E-state index in [0.717, 1.165) is 5.56 Å². The second-order valence-corrected chi connectivity index (χ2v) is 1.74. The van der Waals surface area contributed by atoms with Gasteiger partial charge in [0.05, 0.1) is 6.07 Å². The zero-order valence-electron chi connectivity index (χ0n) is 5.54. The fourth-order valence-electron chi connectivity index (χ4n) is 0.631. The molecule has 0 saturated carbocycles. The molecule has 0 aromatic heterocycles. The average molecular weight is 205 g/mol. The molecule has 1 radical (unpaired) electrons. The molecule has 0 saturated heterocycles. The number of hydrogen-bond donors (Lipinski definition) is 0. The molecule has 0 bridgehead atoms. The van der Waals surface area contributed by atoms with E-state index < -0.39 is 0 Å². The van der Waals surface area contributed by atoms with Crippen LogP contribution >= 0.6 is 0 Å². The van der Waals surface area contributed by atoms with Gasteiger partial charge in [-0.25, -0.2) is 0 Å². The second-order valence-electron chi connectivity index (χ2n) is 1.74. The van der Waals surface area contributed by atoms with Crippen LogP contribution in [0.1, 0.15) is 5.56 Å². The van der Waals surface area contributed by atoms with Crippen molar-refractivity contribution in [3.8, 4) is 6.07 Å². The number of hydrogen-bond acceptors (Lipinski definition) is 1. The van der Waals surface area contributed by atoms with E-state index in [0.29, 0.717) is 6.42 Å². The Labute approximate surface area is 85.9 Å². The quantitative estimate of drug-likeness (QED) is 0.638. The number of nitriles is 1. The van der Waals surface area contributed by atoms with Crippen LogP contribution in [-0.4, -0.2) is 0 Å². The molecule has 0 N–H and O–H groups in total. The van der Waals surface area contributed by atoms with Gasteiger partial charge in [0.1, 0.15) is 0 Å². The third-order valence-corrected chi connectivity index (χ3v) is 1.07. The van der Waals surface area contributed by atoms with Crippen molar-refractivity contribution < 1.29 is 32.7 Å². The summed E-state index contributed by atoms with van der Waals surface area (Å²) in [4.78, 5) is 0. The minimum Gasteiger partial charge on any atom is -0.198 e. The summed E-state index contributed by atoms with van der Waals surface area (Å²) in [5.74, 6) is 0. The van der Waals surface area contributed by atoms with Crippen LogP contribution in [0, 0.1) is 17.4 Å². The van der Waals surface area contributed by atoms with Crippen LogP contribution in [0.3, 0.4) is 0 Å². The first-order chi connectivity index (χ1) is 4.43. The van der Waals surface area contributed by atoms with E-state index in [1.54, 1.807) is 0 Å². The van der Waals surface area contributed by atoms with Crippen molar-refractivity contribution in [1.29, 1.82) is 5.26 Å². The molecule has 47 valence electrons. The van der Waals surface area contributed by atoms with Gasteiger partial charge in [0.15, 0.2) is 0 Å². The monoisotopic (exact) mass is 205 g/mol. The molecule has 0 amide bonds. The van der Waals surface area contributed by atoms with E-state index in [-0.39, 0.29) is 32.7 Å². The van der Waals surface area contributed by atoms with Crippen LogP contribution in [-0.2, 0) is 39.1 Å². The maximum Gasteiger partial charge on any atom is 0.0647 e. The van der Waals surface area contributed by atoms with E-state index in [9.17, 15) is 0 Å². The van der Waals surface area contributed by atoms with Gasteiger partial charge in [-0.05, 0) is 0 Å². The van der Waals surface area contributed by atoms with Crippen LogP contribution in [0.25, 0.3) is 0 Å². The van der Waals surface area contributed by atoms with E-state index >= 15 is 0 Å². The zero-order valence-corrected chi connectivity index (χ0v) is 8.38. The molecule has 0 aliphatic carbocycles. The van der Waals surface area contributed by atoms with E-state index in [1.165, 1.54) is 0 Å². The van der Waals surface area contributed by atoms with Gasteiger partial charge in [0, 0.05) is 39.1 Å². The van der Waals surface area contributed by atoms with Crippen molar-refractivity contribution in [3.63, 3.8) is 0 Å².